The quantitative estimate of drug-likeness (QED) is 0.912. The second-order valence-corrected chi connectivity index (χ2v) is 6.00. The van der Waals surface area contributed by atoms with Gasteiger partial charge in [-0.05, 0) is 28.1 Å². The summed E-state index contributed by atoms with van der Waals surface area (Å²) in [6.45, 7) is 1.80. The summed E-state index contributed by atoms with van der Waals surface area (Å²) < 4.78 is 0.852. The zero-order chi connectivity index (χ0) is 13.8. The molecule has 0 spiro atoms. The van der Waals surface area contributed by atoms with E-state index in [9.17, 15) is 9.59 Å². The lowest BCUT2D eigenvalue weighted by atomic mass is 10.2. The average Bonchev–Trinajstić information content (AvgIpc) is 2.90. The monoisotopic (exact) mass is 343 g/mol. The number of halogens is 1. The van der Waals surface area contributed by atoms with Crippen molar-refractivity contribution in [1.82, 2.24) is 9.88 Å². The average molecular weight is 344 g/mol. The third-order valence-electron chi connectivity index (χ3n) is 2.79. The van der Waals surface area contributed by atoms with E-state index >= 15 is 0 Å². The first-order valence-electron chi connectivity index (χ1n) is 5.91. The van der Waals surface area contributed by atoms with E-state index in [-0.39, 0.29) is 11.8 Å². The third kappa shape index (κ3) is 3.48. The van der Waals surface area contributed by atoms with Crippen LogP contribution in [-0.2, 0) is 9.59 Å². The number of carbonyl (C=O) groups excluding carboxylic acids is 2. The smallest absolute Gasteiger partial charge is 0.249 e. The maximum absolute atomic E-state index is 12.2. The number of amides is 2. The van der Waals surface area contributed by atoms with Crippen molar-refractivity contribution in [2.75, 3.05) is 16.9 Å². The Bertz CT molecular complexity index is 480. The lowest BCUT2D eigenvalue weighted by Gasteiger charge is -2.22. The SMILES string of the molecule is CCC(=O)N1CSC[C@@H]1C(=O)Nc1ccc(Br)cn1. The molecule has 1 aromatic heterocycles. The summed E-state index contributed by atoms with van der Waals surface area (Å²) in [5.74, 6) is 1.54. The Morgan fingerprint density at radius 3 is 3.00 bits per heavy atom. The highest BCUT2D eigenvalue weighted by atomic mass is 79.9. The highest BCUT2D eigenvalue weighted by molar-refractivity contribution is 9.10. The molecule has 1 atom stereocenters. The Kier molecular flexibility index (Phi) is 4.81. The van der Waals surface area contributed by atoms with E-state index in [1.165, 1.54) is 0 Å². The van der Waals surface area contributed by atoms with Gasteiger partial charge in [-0.1, -0.05) is 6.92 Å². The summed E-state index contributed by atoms with van der Waals surface area (Å²) >= 11 is 4.88. The van der Waals surface area contributed by atoms with Crippen LogP contribution >= 0.6 is 27.7 Å². The van der Waals surface area contributed by atoms with Gasteiger partial charge in [0.2, 0.25) is 11.8 Å². The Morgan fingerprint density at radius 2 is 2.37 bits per heavy atom. The van der Waals surface area contributed by atoms with Crippen molar-refractivity contribution < 1.29 is 9.59 Å². The number of hydrogen-bond acceptors (Lipinski definition) is 4. The van der Waals surface area contributed by atoms with Gasteiger partial charge in [-0.3, -0.25) is 9.59 Å². The molecule has 0 saturated carbocycles. The van der Waals surface area contributed by atoms with Gasteiger partial charge in [-0.2, -0.15) is 0 Å². The largest absolute Gasteiger partial charge is 0.321 e. The van der Waals surface area contributed by atoms with Gasteiger partial charge in [0.15, 0.2) is 0 Å². The molecule has 1 aliphatic heterocycles. The van der Waals surface area contributed by atoms with Crippen LogP contribution in [-0.4, -0.2) is 39.4 Å². The molecule has 1 fully saturated rings. The van der Waals surface area contributed by atoms with Crippen molar-refractivity contribution in [3.63, 3.8) is 0 Å². The summed E-state index contributed by atoms with van der Waals surface area (Å²) in [6, 6.07) is 3.12. The standard InChI is InChI=1S/C12H14BrN3O2S/c1-2-11(17)16-7-19-6-9(16)12(18)15-10-4-3-8(13)5-14-10/h3-5,9H,2,6-7H2,1H3,(H,14,15,18)/t9-/m1/s1. The van der Waals surface area contributed by atoms with Gasteiger partial charge in [0.05, 0.1) is 5.88 Å². The minimum absolute atomic E-state index is 0.00825. The summed E-state index contributed by atoms with van der Waals surface area (Å²) in [5, 5.41) is 2.74. The summed E-state index contributed by atoms with van der Waals surface area (Å²) in [4.78, 5) is 29.6. The molecule has 2 amide bonds. The van der Waals surface area contributed by atoms with Crippen LogP contribution in [0.5, 0.6) is 0 Å². The molecule has 0 bridgehead atoms. The Hall–Kier alpha value is -1.08. The molecular formula is C12H14BrN3O2S. The molecule has 0 radical (unpaired) electrons. The molecule has 0 aliphatic carbocycles. The van der Waals surface area contributed by atoms with Crippen LogP contribution in [0.3, 0.4) is 0 Å². The first kappa shape index (κ1) is 14.3. The maximum atomic E-state index is 12.2. The molecule has 1 N–H and O–H groups in total. The van der Waals surface area contributed by atoms with Gasteiger partial charge in [0, 0.05) is 22.8 Å². The highest BCUT2D eigenvalue weighted by Crippen LogP contribution is 2.22. The molecule has 2 rings (SSSR count). The van der Waals surface area contributed by atoms with E-state index in [4.69, 9.17) is 0 Å². The Balaban J connectivity index is 2.03. The maximum Gasteiger partial charge on any atom is 0.249 e. The Labute approximate surface area is 124 Å². The number of carbonyl (C=O) groups is 2. The lowest BCUT2D eigenvalue weighted by molar-refractivity contribution is -0.135. The van der Waals surface area contributed by atoms with E-state index in [0.717, 1.165) is 4.47 Å². The topological polar surface area (TPSA) is 62.3 Å². The molecule has 0 unspecified atom stereocenters. The molecule has 19 heavy (non-hydrogen) atoms. The van der Waals surface area contributed by atoms with Gasteiger partial charge < -0.3 is 10.2 Å². The van der Waals surface area contributed by atoms with Crippen molar-refractivity contribution in [2.24, 2.45) is 0 Å². The van der Waals surface area contributed by atoms with Gasteiger partial charge in [0.1, 0.15) is 11.9 Å². The molecule has 2 heterocycles. The first-order valence-corrected chi connectivity index (χ1v) is 7.86. The van der Waals surface area contributed by atoms with Crippen LogP contribution in [0.15, 0.2) is 22.8 Å². The highest BCUT2D eigenvalue weighted by Gasteiger charge is 2.33. The predicted molar refractivity (Wildman–Crippen MR) is 78.8 cm³/mol. The molecule has 1 aliphatic rings. The number of aromatic nitrogens is 1. The van der Waals surface area contributed by atoms with Crippen molar-refractivity contribution >= 4 is 45.3 Å². The minimum Gasteiger partial charge on any atom is -0.321 e. The van der Waals surface area contributed by atoms with Crippen LogP contribution in [0.4, 0.5) is 5.82 Å². The second kappa shape index (κ2) is 6.38. The van der Waals surface area contributed by atoms with Crippen LogP contribution < -0.4 is 5.32 Å². The van der Waals surface area contributed by atoms with Crippen LogP contribution in [0, 0.1) is 0 Å². The van der Waals surface area contributed by atoms with E-state index in [0.29, 0.717) is 23.9 Å². The van der Waals surface area contributed by atoms with E-state index in [1.54, 1.807) is 41.9 Å². The van der Waals surface area contributed by atoms with E-state index < -0.39 is 6.04 Å². The minimum atomic E-state index is -0.400. The molecule has 0 aromatic carbocycles. The van der Waals surface area contributed by atoms with Crippen LogP contribution in [0.2, 0.25) is 0 Å². The van der Waals surface area contributed by atoms with Gasteiger partial charge >= 0.3 is 0 Å². The molecule has 1 saturated heterocycles. The predicted octanol–water partition coefficient (Wildman–Crippen LogP) is 2.09. The van der Waals surface area contributed by atoms with Crippen molar-refractivity contribution in [3.05, 3.63) is 22.8 Å². The zero-order valence-corrected chi connectivity index (χ0v) is 12.8. The lowest BCUT2D eigenvalue weighted by Crippen LogP contribution is -2.44. The normalized spacial score (nSPS) is 18.4. The van der Waals surface area contributed by atoms with Crippen LogP contribution in [0.25, 0.3) is 0 Å². The number of nitrogens with one attached hydrogen (secondary N) is 1. The fourth-order valence-electron chi connectivity index (χ4n) is 1.77. The Morgan fingerprint density at radius 1 is 1.58 bits per heavy atom. The molecule has 7 heteroatoms. The molecular weight excluding hydrogens is 330 g/mol. The second-order valence-electron chi connectivity index (χ2n) is 4.08. The van der Waals surface area contributed by atoms with Crippen molar-refractivity contribution in [1.29, 1.82) is 0 Å². The van der Waals surface area contributed by atoms with Gasteiger partial charge in [0.25, 0.3) is 0 Å². The summed E-state index contributed by atoms with van der Waals surface area (Å²) in [6.07, 6.45) is 2.04. The van der Waals surface area contributed by atoms with Gasteiger partial charge in [-0.15, -0.1) is 11.8 Å². The molecule has 5 nitrogen and oxygen atoms in total. The number of hydrogen-bond donors (Lipinski definition) is 1. The van der Waals surface area contributed by atoms with E-state index in [1.807, 2.05) is 0 Å². The van der Waals surface area contributed by atoms with Gasteiger partial charge in [-0.25, -0.2) is 4.98 Å². The fraction of sp³-hybridized carbons (Fsp3) is 0.417. The van der Waals surface area contributed by atoms with Crippen molar-refractivity contribution in [3.8, 4) is 0 Å². The fourth-order valence-corrected chi connectivity index (χ4v) is 3.18. The van der Waals surface area contributed by atoms with Crippen molar-refractivity contribution in [2.45, 2.75) is 19.4 Å². The number of pyridine rings is 1. The van der Waals surface area contributed by atoms with E-state index in [2.05, 4.69) is 26.2 Å². The number of anilines is 1. The molecule has 102 valence electrons. The number of rotatable bonds is 3. The number of thioether (sulfide) groups is 1. The first-order chi connectivity index (χ1) is 9.11. The molecule has 1 aromatic rings. The third-order valence-corrected chi connectivity index (χ3v) is 4.27. The number of nitrogens with zero attached hydrogens (tertiary/aromatic N) is 2. The summed E-state index contributed by atoms with van der Waals surface area (Å²) in [5.41, 5.74) is 0. The van der Waals surface area contributed by atoms with Crippen LogP contribution in [0.1, 0.15) is 13.3 Å². The summed E-state index contributed by atoms with van der Waals surface area (Å²) in [7, 11) is 0. The zero-order valence-electron chi connectivity index (χ0n) is 10.4.